The highest BCUT2D eigenvalue weighted by molar-refractivity contribution is 5.77. The molecule has 4 heteroatoms. The van der Waals surface area contributed by atoms with Crippen LogP contribution >= 0.6 is 0 Å². The second kappa shape index (κ2) is 6.86. The van der Waals surface area contributed by atoms with Crippen molar-refractivity contribution < 1.29 is 9.90 Å². The molecule has 0 saturated heterocycles. The number of nitrogens with zero attached hydrogens (tertiary/aromatic N) is 1. The van der Waals surface area contributed by atoms with E-state index in [4.69, 9.17) is 0 Å². The third-order valence-electron chi connectivity index (χ3n) is 3.22. The molecule has 0 radical (unpaired) electrons. The zero-order valence-corrected chi connectivity index (χ0v) is 10.4. The number of nitrogens with one attached hydrogen (secondary N) is 1. The molecule has 1 aliphatic rings. The van der Waals surface area contributed by atoms with Gasteiger partial charge in [-0.3, -0.25) is 9.69 Å². The molecule has 2 N–H and O–H groups in total. The van der Waals surface area contributed by atoms with Crippen LogP contribution in [0.1, 0.15) is 39.0 Å². The maximum absolute atomic E-state index is 11.4. The van der Waals surface area contributed by atoms with Gasteiger partial charge in [-0.25, -0.2) is 0 Å². The van der Waals surface area contributed by atoms with Crippen molar-refractivity contribution in [1.29, 1.82) is 0 Å². The number of hydrogen-bond acceptors (Lipinski definition) is 3. The fourth-order valence-electron chi connectivity index (χ4n) is 2.39. The molecule has 4 nitrogen and oxygen atoms in total. The topological polar surface area (TPSA) is 52.6 Å². The maximum Gasteiger partial charge on any atom is 0.233 e. The molecule has 1 atom stereocenters. The SMILES string of the molecule is CNC(=O)CN(CC(C)O)C1CCCCC1. The summed E-state index contributed by atoms with van der Waals surface area (Å²) in [6, 6.07) is 0.473. The number of amides is 1. The molecule has 0 heterocycles. The van der Waals surface area contributed by atoms with Crippen LogP contribution in [0.4, 0.5) is 0 Å². The van der Waals surface area contributed by atoms with Gasteiger partial charge in [0.1, 0.15) is 0 Å². The first kappa shape index (κ1) is 13.5. The monoisotopic (exact) mass is 228 g/mol. The van der Waals surface area contributed by atoms with Gasteiger partial charge in [0.2, 0.25) is 5.91 Å². The normalized spacial score (nSPS) is 19.8. The van der Waals surface area contributed by atoms with Crippen molar-refractivity contribution in [2.24, 2.45) is 0 Å². The van der Waals surface area contributed by atoms with Crippen LogP contribution in [0.25, 0.3) is 0 Å². The molecule has 1 saturated carbocycles. The molecule has 0 spiro atoms. The van der Waals surface area contributed by atoms with Gasteiger partial charge in [-0.05, 0) is 19.8 Å². The van der Waals surface area contributed by atoms with Gasteiger partial charge in [-0.15, -0.1) is 0 Å². The minimum atomic E-state index is -0.369. The standard InChI is InChI=1S/C12H24N2O2/c1-10(15)8-14(9-12(16)13-2)11-6-4-3-5-7-11/h10-11,15H,3-9H2,1-2H3,(H,13,16). The van der Waals surface area contributed by atoms with Gasteiger partial charge in [-0.2, -0.15) is 0 Å². The average Bonchev–Trinajstić information content (AvgIpc) is 2.28. The summed E-state index contributed by atoms with van der Waals surface area (Å²) in [5, 5.41) is 12.1. The molecule has 0 aliphatic heterocycles. The Morgan fingerprint density at radius 3 is 2.56 bits per heavy atom. The average molecular weight is 228 g/mol. The van der Waals surface area contributed by atoms with Crippen molar-refractivity contribution in [2.75, 3.05) is 20.1 Å². The second-order valence-corrected chi connectivity index (χ2v) is 4.74. The van der Waals surface area contributed by atoms with Crippen LogP contribution in [0.5, 0.6) is 0 Å². The molecule has 1 amide bonds. The zero-order chi connectivity index (χ0) is 12.0. The Labute approximate surface area is 98.0 Å². The van der Waals surface area contributed by atoms with Crippen molar-refractivity contribution in [3.8, 4) is 0 Å². The third-order valence-corrected chi connectivity index (χ3v) is 3.22. The summed E-state index contributed by atoms with van der Waals surface area (Å²) in [4.78, 5) is 13.5. The van der Waals surface area contributed by atoms with E-state index in [1.807, 2.05) is 0 Å². The fraction of sp³-hybridized carbons (Fsp3) is 0.917. The van der Waals surface area contributed by atoms with Crippen molar-refractivity contribution in [3.63, 3.8) is 0 Å². The van der Waals surface area contributed by atoms with E-state index in [1.165, 1.54) is 19.3 Å². The molecular formula is C12H24N2O2. The summed E-state index contributed by atoms with van der Waals surface area (Å²) in [5.74, 6) is 0.0335. The summed E-state index contributed by atoms with van der Waals surface area (Å²) in [7, 11) is 1.66. The Kier molecular flexibility index (Phi) is 5.77. The first-order valence-electron chi connectivity index (χ1n) is 6.26. The molecule has 1 fully saturated rings. The first-order chi connectivity index (χ1) is 7.63. The van der Waals surface area contributed by atoms with E-state index in [0.717, 1.165) is 12.8 Å². The fourth-order valence-corrected chi connectivity index (χ4v) is 2.39. The Bertz CT molecular complexity index is 213. The van der Waals surface area contributed by atoms with Crippen LogP contribution in [0.3, 0.4) is 0 Å². The van der Waals surface area contributed by atoms with Crippen molar-refractivity contribution in [2.45, 2.75) is 51.2 Å². The number of hydrogen-bond donors (Lipinski definition) is 2. The Balaban J connectivity index is 2.50. The second-order valence-electron chi connectivity index (χ2n) is 4.74. The summed E-state index contributed by atoms with van der Waals surface area (Å²) in [5.41, 5.74) is 0. The lowest BCUT2D eigenvalue weighted by Gasteiger charge is -2.34. The molecule has 0 aromatic carbocycles. The number of rotatable bonds is 5. The largest absolute Gasteiger partial charge is 0.392 e. The highest BCUT2D eigenvalue weighted by atomic mass is 16.3. The molecule has 94 valence electrons. The smallest absolute Gasteiger partial charge is 0.233 e. The number of likely N-dealkylation sites (N-methyl/N-ethyl adjacent to an activating group) is 1. The summed E-state index contributed by atoms with van der Waals surface area (Å²) >= 11 is 0. The minimum absolute atomic E-state index is 0.0335. The van der Waals surface area contributed by atoms with E-state index < -0.39 is 0 Å². The van der Waals surface area contributed by atoms with Gasteiger partial charge < -0.3 is 10.4 Å². The Hall–Kier alpha value is -0.610. The van der Waals surface area contributed by atoms with E-state index in [-0.39, 0.29) is 12.0 Å². The van der Waals surface area contributed by atoms with Crippen LogP contribution in [0.15, 0.2) is 0 Å². The van der Waals surface area contributed by atoms with Gasteiger partial charge >= 0.3 is 0 Å². The Morgan fingerprint density at radius 2 is 2.06 bits per heavy atom. The number of aliphatic hydroxyl groups excluding tert-OH is 1. The molecule has 16 heavy (non-hydrogen) atoms. The summed E-state index contributed by atoms with van der Waals surface area (Å²) in [6.07, 6.45) is 5.74. The molecule has 0 bridgehead atoms. The minimum Gasteiger partial charge on any atom is -0.392 e. The van der Waals surface area contributed by atoms with Gasteiger partial charge in [0.15, 0.2) is 0 Å². The molecule has 0 aromatic rings. The predicted molar refractivity (Wildman–Crippen MR) is 64.2 cm³/mol. The van der Waals surface area contributed by atoms with Crippen molar-refractivity contribution in [1.82, 2.24) is 10.2 Å². The molecule has 1 aliphatic carbocycles. The number of carbonyl (C=O) groups is 1. The maximum atomic E-state index is 11.4. The highest BCUT2D eigenvalue weighted by Gasteiger charge is 2.23. The lowest BCUT2D eigenvalue weighted by molar-refractivity contribution is -0.122. The number of carbonyl (C=O) groups excluding carboxylic acids is 1. The van der Waals surface area contributed by atoms with E-state index in [9.17, 15) is 9.90 Å². The molecule has 1 unspecified atom stereocenters. The first-order valence-corrected chi connectivity index (χ1v) is 6.26. The predicted octanol–water partition coefficient (Wildman–Crippen LogP) is 0.748. The van der Waals surface area contributed by atoms with Crippen LogP contribution in [-0.2, 0) is 4.79 Å². The van der Waals surface area contributed by atoms with Gasteiger partial charge in [0.25, 0.3) is 0 Å². The van der Waals surface area contributed by atoms with E-state index in [0.29, 0.717) is 19.1 Å². The van der Waals surface area contributed by atoms with Crippen molar-refractivity contribution >= 4 is 5.91 Å². The van der Waals surface area contributed by atoms with Crippen LogP contribution < -0.4 is 5.32 Å². The summed E-state index contributed by atoms with van der Waals surface area (Å²) in [6.45, 7) is 2.78. The highest BCUT2D eigenvalue weighted by Crippen LogP contribution is 2.22. The van der Waals surface area contributed by atoms with Crippen molar-refractivity contribution in [3.05, 3.63) is 0 Å². The van der Waals surface area contributed by atoms with E-state index in [2.05, 4.69) is 10.2 Å². The molecule has 1 rings (SSSR count). The van der Waals surface area contributed by atoms with E-state index >= 15 is 0 Å². The number of aliphatic hydroxyl groups is 1. The summed E-state index contributed by atoms with van der Waals surface area (Å²) < 4.78 is 0. The molecule has 0 aromatic heterocycles. The van der Waals surface area contributed by atoms with Crippen LogP contribution in [-0.4, -0.2) is 48.2 Å². The zero-order valence-electron chi connectivity index (χ0n) is 10.4. The van der Waals surface area contributed by atoms with Gasteiger partial charge in [0.05, 0.1) is 12.6 Å². The third kappa shape index (κ3) is 4.49. The Morgan fingerprint density at radius 1 is 1.44 bits per heavy atom. The van der Waals surface area contributed by atoms with Gasteiger partial charge in [0, 0.05) is 19.6 Å². The molecular weight excluding hydrogens is 204 g/mol. The quantitative estimate of drug-likeness (QED) is 0.730. The lowest BCUT2D eigenvalue weighted by atomic mass is 9.94. The lowest BCUT2D eigenvalue weighted by Crippen LogP contribution is -2.46. The van der Waals surface area contributed by atoms with Crippen LogP contribution in [0, 0.1) is 0 Å². The van der Waals surface area contributed by atoms with Crippen LogP contribution in [0.2, 0.25) is 0 Å². The van der Waals surface area contributed by atoms with E-state index in [1.54, 1.807) is 14.0 Å². The van der Waals surface area contributed by atoms with Gasteiger partial charge in [-0.1, -0.05) is 19.3 Å².